The summed E-state index contributed by atoms with van der Waals surface area (Å²) in [6, 6.07) is 1.76. The van der Waals surface area contributed by atoms with Crippen LogP contribution in [0.1, 0.15) is 22.5 Å². The lowest BCUT2D eigenvalue weighted by atomic mass is 10.1. The quantitative estimate of drug-likeness (QED) is 0.745. The van der Waals surface area contributed by atoms with Crippen molar-refractivity contribution in [3.05, 3.63) is 10.9 Å². The summed E-state index contributed by atoms with van der Waals surface area (Å²) in [5, 5.41) is 3.96. The van der Waals surface area contributed by atoms with Gasteiger partial charge in [0.1, 0.15) is 14.7 Å². The first-order valence-corrected chi connectivity index (χ1v) is 8.17. The summed E-state index contributed by atoms with van der Waals surface area (Å²) in [6.07, 6.45) is 1.15. The van der Waals surface area contributed by atoms with Crippen LogP contribution >= 0.6 is 11.3 Å². The Balaban J connectivity index is 2.03. The van der Waals surface area contributed by atoms with E-state index in [1.165, 1.54) is 11.3 Å². The molecule has 1 fully saturated rings. The summed E-state index contributed by atoms with van der Waals surface area (Å²) in [5.41, 5.74) is 11.2. The monoisotopic (exact) mass is 289 g/mol. The van der Waals surface area contributed by atoms with Gasteiger partial charge in [0.2, 0.25) is 0 Å². The Hall–Kier alpha value is -1.28. The standard InChI is InChI=1S/C10H15N3O3S2/c11-7-5-8(17-9(7)10(12)14)13-6-1-3-18(15,16)4-2-6/h5-6,13H,1-4,11H2,(H2,12,14). The Labute approximate surface area is 109 Å². The molecule has 1 saturated heterocycles. The second-order valence-electron chi connectivity index (χ2n) is 4.33. The first-order chi connectivity index (χ1) is 8.37. The van der Waals surface area contributed by atoms with E-state index >= 15 is 0 Å². The average Bonchev–Trinajstić information content (AvgIpc) is 2.63. The number of thiophene rings is 1. The second kappa shape index (κ2) is 4.77. The molecule has 100 valence electrons. The average molecular weight is 289 g/mol. The molecule has 1 amide bonds. The molecule has 5 N–H and O–H groups in total. The van der Waals surface area contributed by atoms with Crippen LogP contribution in [-0.4, -0.2) is 31.9 Å². The first kappa shape index (κ1) is 13.2. The molecule has 6 nitrogen and oxygen atoms in total. The number of nitrogens with one attached hydrogen (secondary N) is 1. The summed E-state index contributed by atoms with van der Waals surface area (Å²) in [4.78, 5) is 11.4. The van der Waals surface area contributed by atoms with Gasteiger partial charge in [-0.05, 0) is 18.9 Å². The Kier molecular flexibility index (Phi) is 3.49. The third kappa shape index (κ3) is 2.94. The highest BCUT2D eigenvalue weighted by atomic mass is 32.2. The van der Waals surface area contributed by atoms with Crippen molar-refractivity contribution in [3.63, 3.8) is 0 Å². The molecule has 2 rings (SSSR count). The summed E-state index contributed by atoms with van der Waals surface area (Å²) in [7, 11) is -2.86. The van der Waals surface area contributed by atoms with Crippen molar-refractivity contribution < 1.29 is 13.2 Å². The van der Waals surface area contributed by atoms with Crippen molar-refractivity contribution in [2.75, 3.05) is 22.6 Å². The molecule has 0 unspecified atom stereocenters. The Morgan fingerprint density at radius 1 is 1.39 bits per heavy atom. The molecule has 1 aliphatic heterocycles. The van der Waals surface area contributed by atoms with Crippen LogP contribution in [0, 0.1) is 0 Å². The van der Waals surface area contributed by atoms with Crippen LogP contribution in [0.25, 0.3) is 0 Å². The van der Waals surface area contributed by atoms with Gasteiger partial charge in [-0.1, -0.05) is 0 Å². The lowest BCUT2D eigenvalue weighted by Crippen LogP contribution is -2.31. The minimum atomic E-state index is -2.86. The Morgan fingerprint density at radius 3 is 2.50 bits per heavy atom. The molecular formula is C10H15N3O3S2. The first-order valence-electron chi connectivity index (χ1n) is 5.53. The molecular weight excluding hydrogens is 274 g/mol. The van der Waals surface area contributed by atoms with E-state index in [9.17, 15) is 13.2 Å². The maximum Gasteiger partial charge on any atom is 0.260 e. The van der Waals surface area contributed by atoms with E-state index in [-0.39, 0.29) is 17.5 Å². The molecule has 1 aromatic rings. The van der Waals surface area contributed by atoms with E-state index in [0.717, 1.165) is 5.00 Å². The molecule has 0 aliphatic carbocycles. The number of sulfone groups is 1. The van der Waals surface area contributed by atoms with Crippen LogP contribution in [0.15, 0.2) is 6.07 Å². The normalized spacial score (nSPS) is 19.6. The smallest absolute Gasteiger partial charge is 0.260 e. The predicted octanol–water partition coefficient (Wildman–Crippen LogP) is 0.418. The molecule has 18 heavy (non-hydrogen) atoms. The topological polar surface area (TPSA) is 115 Å². The lowest BCUT2D eigenvalue weighted by Gasteiger charge is -2.23. The number of carbonyl (C=O) groups excluding carboxylic acids is 1. The molecule has 2 heterocycles. The van der Waals surface area contributed by atoms with Gasteiger partial charge in [-0.15, -0.1) is 11.3 Å². The Morgan fingerprint density at radius 2 is 2.00 bits per heavy atom. The van der Waals surface area contributed by atoms with Crippen molar-refractivity contribution >= 4 is 37.8 Å². The number of nitrogens with two attached hydrogens (primary N) is 2. The van der Waals surface area contributed by atoms with Crippen molar-refractivity contribution in [2.45, 2.75) is 18.9 Å². The third-order valence-corrected chi connectivity index (χ3v) is 5.70. The summed E-state index contributed by atoms with van der Waals surface area (Å²) in [6.45, 7) is 0. The number of hydrogen-bond acceptors (Lipinski definition) is 6. The highest BCUT2D eigenvalue weighted by Crippen LogP contribution is 2.30. The third-order valence-electron chi connectivity index (χ3n) is 2.89. The zero-order chi connectivity index (χ0) is 13.3. The number of anilines is 2. The fourth-order valence-corrected chi connectivity index (χ4v) is 4.30. The van der Waals surface area contributed by atoms with E-state index < -0.39 is 15.7 Å². The zero-order valence-corrected chi connectivity index (χ0v) is 11.3. The largest absolute Gasteiger partial charge is 0.397 e. The van der Waals surface area contributed by atoms with E-state index in [2.05, 4.69) is 5.32 Å². The lowest BCUT2D eigenvalue weighted by molar-refractivity contribution is 0.100. The van der Waals surface area contributed by atoms with Crippen LogP contribution in [0.4, 0.5) is 10.7 Å². The van der Waals surface area contributed by atoms with Gasteiger partial charge >= 0.3 is 0 Å². The number of primary amides is 1. The van der Waals surface area contributed by atoms with Gasteiger partial charge in [0.15, 0.2) is 0 Å². The van der Waals surface area contributed by atoms with Gasteiger partial charge in [-0.3, -0.25) is 4.79 Å². The highest BCUT2D eigenvalue weighted by Gasteiger charge is 2.24. The van der Waals surface area contributed by atoms with E-state index in [4.69, 9.17) is 11.5 Å². The van der Waals surface area contributed by atoms with Gasteiger partial charge in [-0.25, -0.2) is 8.42 Å². The number of amides is 1. The van der Waals surface area contributed by atoms with Crippen LogP contribution < -0.4 is 16.8 Å². The van der Waals surface area contributed by atoms with Gasteiger partial charge in [0.25, 0.3) is 5.91 Å². The SMILES string of the molecule is NC(=O)c1sc(NC2CCS(=O)(=O)CC2)cc1N. The molecule has 0 spiro atoms. The minimum Gasteiger partial charge on any atom is -0.397 e. The van der Waals surface area contributed by atoms with Crippen molar-refractivity contribution in [1.82, 2.24) is 0 Å². The fourth-order valence-electron chi connectivity index (χ4n) is 1.90. The maximum atomic E-state index is 11.3. The molecule has 0 atom stereocenters. The van der Waals surface area contributed by atoms with Crippen molar-refractivity contribution in [1.29, 1.82) is 0 Å². The van der Waals surface area contributed by atoms with Crippen LogP contribution in [-0.2, 0) is 9.84 Å². The molecule has 0 aromatic carbocycles. The molecule has 0 bridgehead atoms. The van der Waals surface area contributed by atoms with Gasteiger partial charge < -0.3 is 16.8 Å². The maximum absolute atomic E-state index is 11.3. The van der Waals surface area contributed by atoms with Crippen molar-refractivity contribution in [3.8, 4) is 0 Å². The van der Waals surface area contributed by atoms with E-state index in [1.54, 1.807) is 6.07 Å². The second-order valence-corrected chi connectivity index (χ2v) is 7.69. The minimum absolute atomic E-state index is 0.104. The number of carbonyl (C=O) groups is 1. The molecule has 1 aliphatic rings. The zero-order valence-electron chi connectivity index (χ0n) is 9.68. The van der Waals surface area contributed by atoms with Gasteiger partial charge in [0, 0.05) is 6.04 Å². The van der Waals surface area contributed by atoms with Gasteiger partial charge in [0.05, 0.1) is 22.2 Å². The van der Waals surface area contributed by atoms with Crippen LogP contribution in [0.3, 0.4) is 0 Å². The Bertz CT molecular complexity index is 551. The molecule has 0 saturated carbocycles. The molecule has 1 aromatic heterocycles. The van der Waals surface area contributed by atoms with Crippen LogP contribution in [0.5, 0.6) is 0 Å². The van der Waals surface area contributed by atoms with Crippen molar-refractivity contribution in [2.24, 2.45) is 5.73 Å². The number of hydrogen-bond donors (Lipinski definition) is 3. The number of rotatable bonds is 3. The predicted molar refractivity (Wildman–Crippen MR) is 72.5 cm³/mol. The summed E-state index contributed by atoms with van der Waals surface area (Å²) < 4.78 is 22.6. The van der Waals surface area contributed by atoms with Gasteiger partial charge in [-0.2, -0.15) is 0 Å². The van der Waals surface area contributed by atoms with E-state index in [0.29, 0.717) is 23.4 Å². The number of nitrogen functional groups attached to an aromatic ring is 1. The highest BCUT2D eigenvalue weighted by molar-refractivity contribution is 7.91. The summed E-state index contributed by atoms with van der Waals surface area (Å²) in [5.74, 6) is -0.139. The van der Waals surface area contributed by atoms with Crippen LogP contribution in [0.2, 0.25) is 0 Å². The summed E-state index contributed by atoms with van der Waals surface area (Å²) >= 11 is 1.20. The molecule has 0 radical (unpaired) electrons. The molecule has 8 heteroatoms. The fraction of sp³-hybridized carbons (Fsp3) is 0.500. The van der Waals surface area contributed by atoms with E-state index in [1.807, 2.05) is 0 Å².